The van der Waals surface area contributed by atoms with Gasteiger partial charge in [0.25, 0.3) is 10.0 Å². The quantitative estimate of drug-likeness (QED) is 0.925. The fourth-order valence-corrected chi connectivity index (χ4v) is 3.53. The van der Waals surface area contributed by atoms with Gasteiger partial charge in [-0.2, -0.15) is 5.26 Å². The summed E-state index contributed by atoms with van der Waals surface area (Å²) in [5.41, 5.74) is 1.01. The molecule has 0 aliphatic carbocycles. The zero-order valence-corrected chi connectivity index (χ0v) is 14.5. The van der Waals surface area contributed by atoms with Crippen molar-refractivity contribution < 1.29 is 13.2 Å². The summed E-state index contributed by atoms with van der Waals surface area (Å²) in [6, 6.07) is 14.7. The molecule has 0 radical (unpaired) electrons. The van der Waals surface area contributed by atoms with Crippen LogP contribution in [0.25, 0.3) is 0 Å². The lowest BCUT2D eigenvalue weighted by atomic mass is 9.81. The highest BCUT2D eigenvalue weighted by atomic mass is 32.2. The third-order valence-electron chi connectivity index (χ3n) is 3.91. The lowest BCUT2D eigenvalue weighted by Gasteiger charge is -2.25. The summed E-state index contributed by atoms with van der Waals surface area (Å²) in [7, 11) is -4.00. The summed E-state index contributed by atoms with van der Waals surface area (Å²) >= 11 is 0. The molecule has 2 aromatic carbocycles. The topological polar surface area (TPSA) is 87.0 Å². The van der Waals surface area contributed by atoms with Crippen LogP contribution in [0.4, 0.5) is 0 Å². The van der Waals surface area contributed by atoms with E-state index in [1.165, 1.54) is 24.3 Å². The van der Waals surface area contributed by atoms with Gasteiger partial charge in [0.1, 0.15) is 0 Å². The van der Waals surface area contributed by atoms with Crippen molar-refractivity contribution in [2.24, 2.45) is 0 Å². The van der Waals surface area contributed by atoms with Gasteiger partial charge in [0.2, 0.25) is 5.91 Å². The Bertz CT molecular complexity index is 908. The molecule has 1 amide bonds. The van der Waals surface area contributed by atoms with Crippen molar-refractivity contribution in [2.75, 3.05) is 0 Å². The molecule has 0 bridgehead atoms. The third kappa shape index (κ3) is 3.47. The fourth-order valence-electron chi connectivity index (χ4n) is 2.41. The Kier molecular flexibility index (Phi) is 4.76. The van der Waals surface area contributed by atoms with Gasteiger partial charge in [-0.3, -0.25) is 4.79 Å². The average Bonchev–Trinajstić information content (AvgIpc) is 2.54. The molecule has 6 heteroatoms. The number of rotatable bonds is 4. The van der Waals surface area contributed by atoms with Crippen LogP contribution in [0.5, 0.6) is 0 Å². The first-order chi connectivity index (χ1) is 11.2. The zero-order chi connectivity index (χ0) is 18.0. The lowest BCUT2D eigenvalue weighted by Crippen LogP contribution is -2.43. The van der Waals surface area contributed by atoms with Crippen molar-refractivity contribution in [1.82, 2.24) is 4.72 Å². The molecule has 0 spiro atoms. The number of sulfonamides is 1. The number of nitriles is 1. The Morgan fingerprint density at radius 2 is 1.67 bits per heavy atom. The van der Waals surface area contributed by atoms with E-state index in [9.17, 15) is 13.2 Å². The number of carbonyl (C=O) groups is 1. The van der Waals surface area contributed by atoms with Crippen LogP contribution in [0.2, 0.25) is 0 Å². The Labute approximate surface area is 142 Å². The summed E-state index contributed by atoms with van der Waals surface area (Å²) in [4.78, 5) is 12.5. The van der Waals surface area contributed by atoms with Gasteiger partial charge >= 0.3 is 0 Å². The summed E-state index contributed by atoms with van der Waals surface area (Å²) in [5.74, 6) is -0.610. The summed E-state index contributed by atoms with van der Waals surface area (Å²) in [6.07, 6.45) is 0. The standard InChI is InChI=1S/C18H18N2O3S/c1-13-6-4-5-7-16(13)18(2,3)17(21)20-24(22,23)15-10-8-14(12-19)9-11-15/h4-11H,1-3H3,(H,20,21). The Morgan fingerprint density at radius 1 is 1.08 bits per heavy atom. The molecule has 1 N–H and O–H groups in total. The van der Waals surface area contributed by atoms with Crippen molar-refractivity contribution in [2.45, 2.75) is 31.1 Å². The molecular weight excluding hydrogens is 324 g/mol. The molecule has 24 heavy (non-hydrogen) atoms. The molecule has 0 aromatic heterocycles. The molecule has 0 saturated carbocycles. The largest absolute Gasteiger partial charge is 0.273 e. The zero-order valence-electron chi connectivity index (χ0n) is 13.7. The van der Waals surface area contributed by atoms with Crippen molar-refractivity contribution in [3.63, 3.8) is 0 Å². The molecule has 2 aromatic rings. The number of hydrogen-bond donors (Lipinski definition) is 1. The lowest BCUT2D eigenvalue weighted by molar-refractivity contribution is -0.123. The molecule has 0 unspecified atom stereocenters. The van der Waals surface area contributed by atoms with E-state index in [0.717, 1.165) is 11.1 Å². The van der Waals surface area contributed by atoms with E-state index in [0.29, 0.717) is 5.56 Å². The molecule has 0 atom stereocenters. The molecule has 124 valence electrons. The highest BCUT2D eigenvalue weighted by Gasteiger charge is 2.34. The number of aryl methyl sites for hydroxylation is 1. The summed E-state index contributed by atoms with van der Waals surface area (Å²) in [6.45, 7) is 5.23. The number of benzene rings is 2. The molecule has 0 aliphatic heterocycles. The van der Waals surface area contributed by atoms with Crippen LogP contribution in [0, 0.1) is 18.3 Å². The Balaban J connectivity index is 2.30. The van der Waals surface area contributed by atoms with E-state index < -0.39 is 21.3 Å². The highest BCUT2D eigenvalue weighted by Crippen LogP contribution is 2.27. The molecule has 2 rings (SSSR count). The van der Waals surface area contributed by atoms with Crippen LogP contribution in [0.3, 0.4) is 0 Å². The van der Waals surface area contributed by atoms with E-state index in [4.69, 9.17) is 5.26 Å². The predicted octanol–water partition coefficient (Wildman–Crippen LogP) is 2.65. The van der Waals surface area contributed by atoms with Crippen LogP contribution in [0.1, 0.15) is 30.5 Å². The van der Waals surface area contributed by atoms with E-state index in [1.807, 2.05) is 37.3 Å². The molecular formula is C18H18N2O3S. The molecule has 5 nitrogen and oxygen atoms in total. The first-order valence-electron chi connectivity index (χ1n) is 7.32. The van der Waals surface area contributed by atoms with Gasteiger partial charge in [0, 0.05) is 0 Å². The Hall–Kier alpha value is -2.65. The van der Waals surface area contributed by atoms with Gasteiger partial charge in [0.15, 0.2) is 0 Å². The average molecular weight is 342 g/mol. The van der Waals surface area contributed by atoms with Gasteiger partial charge in [-0.05, 0) is 56.2 Å². The second-order valence-electron chi connectivity index (χ2n) is 6.01. The van der Waals surface area contributed by atoms with Gasteiger partial charge in [-0.15, -0.1) is 0 Å². The summed E-state index contributed by atoms with van der Waals surface area (Å²) < 4.78 is 26.9. The highest BCUT2D eigenvalue weighted by molar-refractivity contribution is 7.90. The van der Waals surface area contributed by atoms with Gasteiger partial charge in [-0.1, -0.05) is 24.3 Å². The third-order valence-corrected chi connectivity index (χ3v) is 5.25. The maximum absolute atomic E-state index is 12.6. The normalized spacial score (nSPS) is 11.6. The number of amides is 1. The minimum absolute atomic E-state index is 0.0598. The minimum atomic E-state index is -4.00. The van der Waals surface area contributed by atoms with E-state index >= 15 is 0 Å². The van der Waals surface area contributed by atoms with E-state index in [2.05, 4.69) is 4.72 Å². The minimum Gasteiger partial charge on any atom is -0.273 e. The van der Waals surface area contributed by atoms with Crippen LogP contribution >= 0.6 is 0 Å². The Morgan fingerprint density at radius 3 is 2.21 bits per heavy atom. The molecule has 0 fully saturated rings. The van der Waals surface area contributed by atoms with E-state index in [1.54, 1.807) is 13.8 Å². The van der Waals surface area contributed by atoms with E-state index in [-0.39, 0.29) is 4.90 Å². The second-order valence-corrected chi connectivity index (χ2v) is 7.69. The fraction of sp³-hybridized carbons (Fsp3) is 0.222. The van der Waals surface area contributed by atoms with Gasteiger partial charge < -0.3 is 0 Å². The van der Waals surface area contributed by atoms with Crippen LogP contribution < -0.4 is 4.72 Å². The van der Waals surface area contributed by atoms with Crippen molar-refractivity contribution in [3.8, 4) is 6.07 Å². The van der Waals surface area contributed by atoms with Crippen molar-refractivity contribution in [3.05, 3.63) is 65.2 Å². The molecule has 0 heterocycles. The van der Waals surface area contributed by atoms with Crippen LogP contribution in [-0.4, -0.2) is 14.3 Å². The van der Waals surface area contributed by atoms with Crippen LogP contribution in [-0.2, 0) is 20.2 Å². The van der Waals surface area contributed by atoms with Crippen LogP contribution in [0.15, 0.2) is 53.4 Å². The molecule has 0 aliphatic rings. The van der Waals surface area contributed by atoms with Gasteiger partial charge in [0.05, 0.1) is 21.9 Å². The summed E-state index contributed by atoms with van der Waals surface area (Å²) in [5, 5.41) is 8.77. The maximum atomic E-state index is 12.6. The monoisotopic (exact) mass is 342 g/mol. The number of nitrogens with one attached hydrogen (secondary N) is 1. The molecule has 0 saturated heterocycles. The predicted molar refractivity (Wildman–Crippen MR) is 90.7 cm³/mol. The first-order valence-corrected chi connectivity index (χ1v) is 8.80. The first kappa shape index (κ1) is 17.7. The van der Waals surface area contributed by atoms with Crippen molar-refractivity contribution >= 4 is 15.9 Å². The van der Waals surface area contributed by atoms with Crippen molar-refractivity contribution in [1.29, 1.82) is 5.26 Å². The second kappa shape index (κ2) is 6.46. The number of hydrogen-bond acceptors (Lipinski definition) is 4. The SMILES string of the molecule is Cc1ccccc1C(C)(C)C(=O)NS(=O)(=O)c1ccc(C#N)cc1. The maximum Gasteiger partial charge on any atom is 0.264 e. The number of nitrogens with zero attached hydrogens (tertiary/aromatic N) is 1. The number of carbonyl (C=O) groups excluding carboxylic acids is 1. The van der Waals surface area contributed by atoms with Gasteiger partial charge in [-0.25, -0.2) is 13.1 Å². The smallest absolute Gasteiger partial charge is 0.264 e.